The summed E-state index contributed by atoms with van der Waals surface area (Å²) in [5.41, 5.74) is 6.20. The molecule has 0 aromatic carbocycles. The number of hydrogen-bond acceptors (Lipinski definition) is 3. The van der Waals surface area contributed by atoms with Gasteiger partial charge in [0.2, 0.25) is 0 Å². The molecule has 1 saturated heterocycles. The summed E-state index contributed by atoms with van der Waals surface area (Å²) >= 11 is 0. The van der Waals surface area contributed by atoms with Crippen LogP contribution in [0.2, 0.25) is 0 Å². The van der Waals surface area contributed by atoms with Crippen LogP contribution in [-0.2, 0) is 0 Å². The smallest absolute Gasteiger partial charge is 0.0193 e. The predicted molar refractivity (Wildman–Crippen MR) is 70.6 cm³/mol. The van der Waals surface area contributed by atoms with E-state index in [0.29, 0.717) is 18.0 Å². The molecule has 16 heavy (non-hydrogen) atoms. The van der Waals surface area contributed by atoms with Crippen LogP contribution in [0.4, 0.5) is 0 Å². The second-order valence-electron chi connectivity index (χ2n) is 5.48. The van der Waals surface area contributed by atoms with Crippen LogP contribution in [0.5, 0.6) is 0 Å². The third-order valence-electron chi connectivity index (χ3n) is 3.98. The molecule has 0 spiro atoms. The van der Waals surface area contributed by atoms with Crippen molar-refractivity contribution in [2.45, 2.75) is 46.2 Å². The Labute approximate surface area is 101 Å². The summed E-state index contributed by atoms with van der Waals surface area (Å²) in [7, 11) is 0. The molecule has 3 nitrogen and oxygen atoms in total. The second kappa shape index (κ2) is 6.58. The van der Waals surface area contributed by atoms with E-state index in [1.807, 2.05) is 0 Å². The Morgan fingerprint density at radius 1 is 1.06 bits per heavy atom. The number of nitrogens with two attached hydrogens (primary N) is 1. The molecular weight excluding hydrogens is 198 g/mol. The van der Waals surface area contributed by atoms with Gasteiger partial charge in [0.05, 0.1) is 0 Å². The van der Waals surface area contributed by atoms with Crippen molar-refractivity contribution in [1.82, 2.24) is 9.80 Å². The number of hydrogen-bond donors (Lipinski definition) is 1. The van der Waals surface area contributed by atoms with Gasteiger partial charge in [-0.3, -0.25) is 9.80 Å². The van der Waals surface area contributed by atoms with Crippen LogP contribution in [0.1, 0.15) is 34.1 Å². The molecule has 0 aromatic heterocycles. The van der Waals surface area contributed by atoms with Crippen LogP contribution in [0, 0.1) is 5.92 Å². The van der Waals surface area contributed by atoms with Crippen LogP contribution in [0.25, 0.3) is 0 Å². The fourth-order valence-electron chi connectivity index (χ4n) is 2.24. The number of nitrogens with zero attached hydrogens (tertiary/aromatic N) is 2. The third kappa shape index (κ3) is 4.04. The highest BCUT2D eigenvalue weighted by atomic mass is 15.3. The summed E-state index contributed by atoms with van der Waals surface area (Å²) < 4.78 is 0. The highest BCUT2D eigenvalue weighted by molar-refractivity contribution is 4.79. The maximum Gasteiger partial charge on any atom is 0.0193 e. The molecule has 2 atom stereocenters. The molecule has 1 aliphatic heterocycles. The molecule has 96 valence electrons. The summed E-state index contributed by atoms with van der Waals surface area (Å²) in [5, 5.41) is 0. The molecule has 1 heterocycles. The molecule has 2 N–H and O–H groups in total. The highest BCUT2D eigenvalue weighted by Gasteiger charge is 2.21. The molecule has 2 unspecified atom stereocenters. The lowest BCUT2D eigenvalue weighted by molar-refractivity contribution is 0.0995. The van der Waals surface area contributed by atoms with E-state index in [9.17, 15) is 0 Å². The Balaban J connectivity index is 2.26. The van der Waals surface area contributed by atoms with Crippen molar-refractivity contribution < 1.29 is 0 Å². The molecule has 3 heteroatoms. The first kappa shape index (κ1) is 13.9. The van der Waals surface area contributed by atoms with Gasteiger partial charge >= 0.3 is 0 Å². The van der Waals surface area contributed by atoms with Gasteiger partial charge in [0.25, 0.3) is 0 Å². The minimum atomic E-state index is 0.343. The topological polar surface area (TPSA) is 32.5 Å². The largest absolute Gasteiger partial charge is 0.326 e. The average molecular weight is 227 g/mol. The molecule has 0 amide bonds. The molecule has 0 aliphatic carbocycles. The van der Waals surface area contributed by atoms with Gasteiger partial charge in [0.15, 0.2) is 0 Å². The zero-order valence-electron chi connectivity index (χ0n) is 11.4. The van der Waals surface area contributed by atoms with E-state index in [-0.39, 0.29) is 0 Å². The molecule has 1 fully saturated rings. The molecule has 0 bridgehead atoms. The van der Waals surface area contributed by atoms with E-state index in [4.69, 9.17) is 5.73 Å². The second-order valence-corrected chi connectivity index (χ2v) is 5.48. The Kier molecular flexibility index (Phi) is 5.73. The van der Waals surface area contributed by atoms with Crippen LogP contribution in [-0.4, -0.2) is 54.6 Å². The van der Waals surface area contributed by atoms with Gasteiger partial charge in [-0.1, -0.05) is 20.3 Å². The Hall–Kier alpha value is -0.120. The fraction of sp³-hybridized carbons (Fsp3) is 1.00. The van der Waals surface area contributed by atoms with Crippen LogP contribution in [0.15, 0.2) is 0 Å². The summed E-state index contributed by atoms with van der Waals surface area (Å²) in [4.78, 5) is 5.07. The van der Waals surface area contributed by atoms with Gasteiger partial charge in [-0.25, -0.2) is 0 Å². The monoisotopic (exact) mass is 227 g/mol. The van der Waals surface area contributed by atoms with Gasteiger partial charge in [-0.2, -0.15) is 0 Å². The van der Waals surface area contributed by atoms with E-state index >= 15 is 0 Å². The summed E-state index contributed by atoms with van der Waals surface area (Å²) in [6.07, 6.45) is 1.19. The normalized spacial score (nSPS) is 23.6. The SMILES string of the molecule is CCC(C)C(N)CN1CCN(C(C)C)CC1. The molecule has 1 aliphatic rings. The van der Waals surface area contributed by atoms with E-state index in [2.05, 4.69) is 37.5 Å². The molecule has 0 aromatic rings. The summed E-state index contributed by atoms with van der Waals surface area (Å²) in [5.74, 6) is 0.642. The van der Waals surface area contributed by atoms with Crippen molar-refractivity contribution in [2.75, 3.05) is 32.7 Å². The standard InChI is InChI=1S/C13H29N3/c1-5-12(4)13(14)10-15-6-8-16(9-7-15)11(2)3/h11-13H,5-10,14H2,1-4H3. The number of piperazine rings is 1. The fourth-order valence-corrected chi connectivity index (χ4v) is 2.24. The van der Waals surface area contributed by atoms with Crippen molar-refractivity contribution >= 4 is 0 Å². The quantitative estimate of drug-likeness (QED) is 0.770. The molecule has 0 saturated carbocycles. The van der Waals surface area contributed by atoms with Gasteiger partial charge < -0.3 is 5.73 Å². The Bertz CT molecular complexity index is 186. The highest BCUT2D eigenvalue weighted by Crippen LogP contribution is 2.10. The maximum absolute atomic E-state index is 6.20. The molecule has 1 rings (SSSR count). The zero-order chi connectivity index (χ0) is 12.1. The first-order valence-corrected chi connectivity index (χ1v) is 6.76. The van der Waals surface area contributed by atoms with E-state index in [0.717, 1.165) is 6.54 Å². The minimum Gasteiger partial charge on any atom is -0.326 e. The first-order valence-electron chi connectivity index (χ1n) is 6.76. The van der Waals surface area contributed by atoms with Gasteiger partial charge in [0.1, 0.15) is 0 Å². The van der Waals surface area contributed by atoms with Gasteiger partial charge in [-0.15, -0.1) is 0 Å². The maximum atomic E-state index is 6.20. The average Bonchev–Trinajstić information content (AvgIpc) is 2.28. The van der Waals surface area contributed by atoms with Crippen molar-refractivity contribution in [1.29, 1.82) is 0 Å². The van der Waals surface area contributed by atoms with Gasteiger partial charge in [-0.05, 0) is 19.8 Å². The van der Waals surface area contributed by atoms with Crippen molar-refractivity contribution in [3.63, 3.8) is 0 Å². The van der Waals surface area contributed by atoms with E-state index in [1.165, 1.54) is 32.6 Å². The lowest BCUT2D eigenvalue weighted by Gasteiger charge is -2.38. The van der Waals surface area contributed by atoms with E-state index in [1.54, 1.807) is 0 Å². The zero-order valence-corrected chi connectivity index (χ0v) is 11.4. The third-order valence-corrected chi connectivity index (χ3v) is 3.98. The summed E-state index contributed by atoms with van der Waals surface area (Å²) in [6.45, 7) is 14.9. The predicted octanol–water partition coefficient (Wildman–Crippen LogP) is 1.39. The molecular formula is C13H29N3. The Morgan fingerprint density at radius 3 is 2.06 bits per heavy atom. The van der Waals surface area contributed by atoms with Crippen molar-refractivity contribution in [3.05, 3.63) is 0 Å². The Morgan fingerprint density at radius 2 is 1.62 bits per heavy atom. The lowest BCUT2D eigenvalue weighted by atomic mass is 9.99. The minimum absolute atomic E-state index is 0.343. The van der Waals surface area contributed by atoms with E-state index < -0.39 is 0 Å². The van der Waals surface area contributed by atoms with Crippen LogP contribution in [0.3, 0.4) is 0 Å². The number of rotatable bonds is 5. The molecule has 0 radical (unpaired) electrons. The van der Waals surface area contributed by atoms with Crippen LogP contribution < -0.4 is 5.73 Å². The van der Waals surface area contributed by atoms with Crippen molar-refractivity contribution in [3.8, 4) is 0 Å². The van der Waals surface area contributed by atoms with Gasteiger partial charge in [0, 0.05) is 44.8 Å². The van der Waals surface area contributed by atoms with Crippen molar-refractivity contribution in [2.24, 2.45) is 11.7 Å². The lowest BCUT2D eigenvalue weighted by Crippen LogP contribution is -2.52. The summed E-state index contributed by atoms with van der Waals surface area (Å²) in [6, 6.07) is 1.03. The first-order chi connectivity index (χ1) is 7.54. The van der Waals surface area contributed by atoms with Crippen LogP contribution >= 0.6 is 0 Å².